The Bertz CT molecular complexity index is 1710. The van der Waals surface area contributed by atoms with Gasteiger partial charge in [-0.05, 0) is 78.3 Å². The van der Waals surface area contributed by atoms with Crippen LogP contribution in [0.15, 0.2) is 84.4 Å². The van der Waals surface area contributed by atoms with E-state index in [2.05, 4.69) is 109 Å². The zero-order valence-corrected chi connectivity index (χ0v) is 24.6. The molecule has 210 valence electrons. The predicted octanol–water partition coefficient (Wildman–Crippen LogP) is 8.71. The minimum Gasteiger partial charge on any atom is -0.363 e. The first-order valence-electron chi connectivity index (χ1n) is 15.0. The third-order valence-electron chi connectivity index (χ3n) is 8.82. The Hall–Kier alpha value is -4.19. The maximum Gasteiger partial charge on any atom is 0.130 e. The molecular formula is C35H40N6. The average molecular weight is 545 g/mol. The molecule has 3 aromatic carbocycles. The highest BCUT2D eigenvalue weighted by Crippen LogP contribution is 2.38. The Balaban J connectivity index is 1.27. The number of fused-ring (bicyclic) bond motifs is 2. The van der Waals surface area contributed by atoms with Crippen LogP contribution in [0.1, 0.15) is 65.2 Å². The number of rotatable bonds is 9. The third-order valence-corrected chi connectivity index (χ3v) is 8.82. The van der Waals surface area contributed by atoms with E-state index in [4.69, 9.17) is 9.98 Å². The molecule has 5 aromatic rings. The highest BCUT2D eigenvalue weighted by molar-refractivity contribution is 5.91. The fourth-order valence-electron chi connectivity index (χ4n) is 6.02. The van der Waals surface area contributed by atoms with Gasteiger partial charge >= 0.3 is 0 Å². The van der Waals surface area contributed by atoms with Crippen molar-refractivity contribution in [2.45, 2.75) is 65.5 Å². The smallest absolute Gasteiger partial charge is 0.130 e. The van der Waals surface area contributed by atoms with Gasteiger partial charge in [0.05, 0.1) is 41.3 Å². The number of benzene rings is 3. The molecule has 2 N–H and O–H groups in total. The lowest BCUT2D eigenvalue weighted by Gasteiger charge is -2.33. The summed E-state index contributed by atoms with van der Waals surface area (Å²) in [5, 5.41) is 2.43. The molecule has 0 radical (unpaired) electrons. The molecule has 0 aliphatic carbocycles. The molecule has 6 heteroatoms. The van der Waals surface area contributed by atoms with Gasteiger partial charge in [-0.15, -0.1) is 0 Å². The molecule has 6 rings (SSSR count). The lowest BCUT2D eigenvalue weighted by Crippen LogP contribution is -2.32. The zero-order valence-electron chi connectivity index (χ0n) is 24.6. The lowest BCUT2D eigenvalue weighted by molar-refractivity contribution is 0.278. The number of nitrogens with zero attached hydrogens (tertiary/aromatic N) is 4. The summed E-state index contributed by atoms with van der Waals surface area (Å²) in [5.74, 6) is 1.47. The van der Waals surface area contributed by atoms with Crippen LogP contribution in [0.4, 0.5) is 0 Å². The first-order chi connectivity index (χ1) is 19.9. The molecule has 41 heavy (non-hydrogen) atoms. The van der Waals surface area contributed by atoms with Crippen LogP contribution < -0.4 is 0 Å². The molecule has 6 nitrogen and oxygen atoms in total. The van der Waals surface area contributed by atoms with E-state index >= 15 is 0 Å². The SMILES string of the molecule is C=C([C@@H](N=C(C)CC)[C@@H](C)CC)N1CCC[C@H]1c1nc2ccc(-c3ccc4cc(-c5cnc[nH]5)ccc4c3)cc2[nH]1. The van der Waals surface area contributed by atoms with Crippen molar-refractivity contribution in [2.75, 3.05) is 6.54 Å². The van der Waals surface area contributed by atoms with Crippen LogP contribution in [0.3, 0.4) is 0 Å². The van der Waals surface area contributed by atoms with E-state index in [1.54, 1.807) is 6.33 Å². The highest BCUT2D eigenvalue weighted by Gasteiger charge is 2.33. The largest absolute Gasteiger partial charge is 0.363 e. The van der Waals surface area contributed by atoms with Crippen molar-refractivity contribution in [3.8, 4) is 22.4 Å². The van der Waals surface area contributed by atoms with Crippen molar-refractivity contribution in [1.82, 2.24) is 24.8 Å². The monoisotopic (exact) mass is 544 g/mol. The van der Waals surface area contributed by atoms with Gasteiger partial charge in [0.25, 0.3) is 0 Å². The van der Waals surface area contributed by atoms with E-state index in [1.807, 2.05) is 6.20 Å². The van der Waals surface area contributed by atoms with Crippen LogP contribution in [-0.2, 0) is 0 Å². The molecule has 3 atom stereocenters. The summed E-state index contributed by atoms with van der Waals surface area (Å²) in [5.41, 5.74) is 8.94. The summed E-state index contributed by atoms with van der Waals surface area (Å²) in [6.07, 6.45) is 7.83. The fourth-order valence-corrected chi connectivity index (χ4v) is 6.02. The summed E-state index contributed by atoms with van der Waals surface area (Å²) in [6.45, 7) is 14.4. The van der Waals surface area contributed by atoms with Crippen molar-refractivity contribution in [3.63, 3.8) is 0 Å². The first kappa shape index (κ1) is 27.0. The second-order valence-electron chi connectivity index (χ2n) is 11.5. The minimum atomic E-state index is 0.111. The molecule has 0 bridgehead atoms. The number of aliphatic imine (C=N–C) groups is 1. The molecule has 1 fully saturated rings. The number of likely N-dealkylation sites (tertiary alicyclic amines) is 1. The van der Waals surface area contributed by atoms with Gasteiger partial charge in [-0.25, -0.2) is 9.97 Å². The van der Waals surface area contributed by atoms with Gasteiger partial charge in [-0.2, -0.15) is 0 Å². The molecule has 3 heterocycles. The molecule has 1 aliphatic rings. The number of H-pyrrole nitrogens is 2. The summed E-state index contributed by atoms with van der Waals surface area (Å²) in [7, 11) is 0. The Morgan fingerprint density at radius 3 is 2.51 bits per heavy atom. The molecule has 0 amide bonds. The van der Waals surface area contributed by atoms with Crippen LogP contribution in [0.5, 0.6) is 0 Å². The molecule has 2 aromatic heterocycles. The number of imidazole rings is 2. The highest BCUT2D eigenvalue weighted by atomic mass is 15.2. The number of aromatic amines is 2. The van der Waals surface area contributed by atoms with Gasteiger partial charge in [-0.3, -0.25) is 4.99 Å². The van der Waals surface area contributed by atoms with E-state index in [-0.39, 0.29) is 12.1 Å². The van der Waals surface area contributed by atoms with Gasteiger partial charge in [-0.1, -0.05) is 64.1 Å². The van der Waals surface area contributed by atoms with Gasteiger partial charge in [0.2, 0.25) is 0 Å². The maximum absolute atomic E-state index is 5.11. The number of hydrogen-bond donors (Lipinski definition) is 2. The molecule has 0 unspecified atom stereocenters. The van der Waals surface area contributed by atoms with Crippen LogP contribution >= 0.6 is 0 Å². The van der Waals surface area contributed by atoms with E-state index in [0.717, 1.165) is 66.0 Å². The fraction of sp³-hybridized carbons (Fsp3) is 0.343. The average Bonchev–Trinajstić information content (AvgIpc) is 3.79. The molecule has 0 spiro atoms. The minimum absolute atomic E-state index is 0.111. The predicted molar refractivity (Wildman–Crippen MR) is 171 cm³/mol. The van der Waals surface area contributed by atoms with Crippen LogP contribution in [0.25, 0.3) is 44.2 Å². The summed E-state index contributed by atoms with van der Waals surface area (Å²) in [6, 6.07) is 20.1. The van der Waals surface area contributed by atoms with Crippen LogP contribution in [0.2, 0.25) is 0 Å². The molecule has 0 saturated carbocycles. The summed E-state index contributed by atoms with van der Waals surface area (Å²) in [4.78, 5) is 23.7. The van der Waals surface area contributed by atoms with E-state index < -0.39 is 0 Å². The lowest BCUT2D eigenvalue weighted by atomic mass is 9.95. The van der Waals surface area contributed by atoms with Crippen LogP contribution in [-0.4, -0.2) is 43.1 Å². The molecule has 1 aliphatic heterocycles. The molecular weight excluding hydrogens is 504 g/mol. The van der Waals surface area contributed by atoms with Crippen molar-refractivity contribution in [2.24, 2.45) is 10.9 Å². The quantitative estimate of drug-likeness (QED) is 0.182. The van der Waals surface area contributed by atoms with Crippen molar-refractivity contribution in [3.05, 3.63) is 85.2 Å². The number of nitrogens with one attached hydrogen (secondary N) is 2. The Kier molecular flexibility index (Phi) is 7.48. The van der Waals surface area contributed by atoms with Gasteiger partial charge < -0.3 is 14.9 Å². The van der Waals surface area contributed by atoms with Gasteiger partial charge in [0.15, 0.2) is 0 Å². The van der Waals surface area contributed by atoms with Crippen molar-refractivity contribution < 1.29 is 0 Å². The van der Waals surface area contributed by atoms with Crippen LogP contribution in [0, 0.1) is 5.92 Å². The number of hydrogen-bond acceptors (Lipinski definition) is 4. The van der Waals surface area contributed by atoms with Gasteiger partial charge in [0.1, 0.15) is 5.82 Å². The standard InChI is InChI=1S/C35H40N6/c1-6-22(3)34(38-23(4)7-2)24(5)41-16-8-9-33(41)35-39-30-15-14-28(19-31(30)40-35)26-10-11-27-18-29(13-12-25(27)17-26)32-20-36-21-37-32/h10-15,17-22,33-34H,5-9,16H2,1-4H3,(H,36,37)(H,39,40)/t22-,33-,34-/m0/s1. The third kappa shape index (κ3) is 5.31. The zero-order chi connectivity index (χ0) is 28.5. The second-order valence-corrected chi connectivity index (χ2v) is 11.5. The van der Waals surface area contributed by atoms with Gasteiger partial charge in [0, 0.05) is 23.5 Å². The molecule has 1 saturated heterocycles. The Labute approximate surface area is 242 Å². The topological polar surface area (TPSA) is 73.0 Å². The van der Waals surface area contributed by atoms with E-state index in [1.165, 1.54) is 27.6 Å². The van der Waals surface area contributed by atoms with Crippen molar-refractivity contribution >= 4 is 27.5 Å². The number of aromatic nitrogens is 4. The Morgan fingerprint density at radius 2 is 1.78 bits per heavy atom. The van der Waals surface area contributed by atoms with E-state index in [9.17, 15) is 0 Å². The van der Waals surface area contributed by atoms with E-state index in [0.29, 0.717) is 5.92 Å². The van der Waals surface area contributed by atoms with Crippen molar-refractivity contribution in [1.29, 1.82) is 0 Å². The summed E-state index contributed by atoms with van der Waals surface area (Å²) >= 11 is 0. The normalized spacial score (nSPS) is 17.4. The second kappa shape index (κ2) is 11.4. The first-order valence-corrected chi connectivity index (χ1v) is 15.0. The maximum atomic E-state index is 5.11. The Morgan fingerprint density at radius 1 is 1.05 bits per heavy atom. The summed E-state index contributed by atoms with van der Waals surface area (Å²) < 4.78 is 0.